The quantitative estimate of drug-likeness (QED) is 0.264. The lowest BCUT2D eigenvalue weighted by molar-refractivity contribution is 0.280. The molecule has 0 bridgehead atoms. The van der Waals surface area contributed by atoms with Crippen molar-refractivity contribution in [2.45, 2.75) is 123 Å². The van der Waals surface area contributed by atoms with Crippen molar-refractivity contribution in [2.75, 3.05) is 6.61 Å². The minimum absolute atomic E-state index is 0.373. The van der Waals surface area contributed by atoms with Crippen LogP contribution in [0.3, 0.4) is 0 Å². The van der Waals surface area contributed by atoms with Crippen LogP contribution in [-0.4, -0.2) is 11.7 Å². The lowest BCUT2D eigenvalue weighted by Gasteiger charge is -2.17. The number of aliphatic hydroxyl groups is 1. The van der Waals surface area contributed by atoms with Crippen molar-refractivity contribution in [3.05, 3.63) is 0 Å². The van der Waals surface area contributed by atoms with Crippen molar-refractivity contribution in [1.29, 1.82) is 0 Å². The summed E-state index contributed by atoms with van der Waals surface area (Å²) >= 11 is 0. The van der Waals surface area contributed by atoms with Gasteiger partial charge in [0.1, 0.15) is 0 Å². The Balaban J connectivity index is 3.69. The predicted molar refractivity (Wildman–Crippen MR) is 100 cm³/mol. The summed E-state index contributed by atoms with van der Waals surface area (Å²) in [5.41, 5.74) is 0. The second-order valence-corrected chi connectivity index (χ2v) is 7.20. The Kier molecular flexibility index (Phi) is 19.0. The van der Waals surface area contributed by atoms with Crippen molar-refractivity contribution in [3.63, 3.8) is 0 Å². The average molecular weight is 313 g/mol. The second kappa shape index (κ2) is 19.0. The summed E-state index contributed by atoms with van der Waals surface area (Å²) in [6.07, 6.45) is 23.5. The first-order chi connectivity index (χ1) is 10.8. The lowest BCUT2D eigenvalue weighted by Crippen LogP contribution is -2.01. The SMILES string of the molecule is CCCCCCCCC(CCCCCC)CCCCCCO. The molecule has 22 heavy (non-hydrogen) atoms. The van der Waals surface area contributed by atoms with Crippen molar-refractivity contribution >= 4 is 0 Å². The minimum Gasteiger partial charge on any atom is -0.396 e. The van der Waals surface area contributed by atoms with Crippen LogP contribution < -0.4 is 0 Å². The van der Waals surface area contributed by atoms with E-state index in [0.29, 0.717) is 6.61 Å². The highest BCUT2D eigenvalue weighted by Gasteiger charge is 2.08. The number of aliphatic hydroxyl groups excluding tert-OH is 1. The molecule has 0 aliphatic rings. The maximum Gasteiger partial charge on any atom is 0.0431 e. The van der Waals surface area contributed by atoms with E-state index in [9.17, 15) is 0 Å². The maximum atomic E-state index is 8.85. The first-order valence-corrected chi connectivity index (χ1v) is 10.5. The van der Waals surface area contributed by atoms with Crippen molar-refractivity contribution in [3.8, 4) is 0 Å². The molecule has 1 atom stereocenters. The first-order valence-electron chi connectivity index (χ1n) is 10.5. The van der Waals surface area contributed by atoms with Crippen LogP contribution in [0.5, 0.6) is 0 Å². The Labute approximate surface area is 141 Å². The van der Waals surface area contributed by atoms with Crippen LogP contribution in [0.4, 0.5) is 0 Å². The fraction of sp³-hybridized carbons (Fsp3) is 1.00. The van der Waals surface area contributed by atoms with Crippen molar-refractivity contribution in [2.24, 2.45) is 5.92 Å². The van der Waals surface area contributed by atoms with Crippen molar-refractivity contribution in [1.82, 2.24) is 0 Å². The summed E-state index contributed by atoms with van der Waals surface area (Å²) in [6, 6.07) is 0. The standard InChI is InChI=1S/C21H44O/c1-3-5-7-9-10-14-18-21(17-13-8-6-4-2)19-15-11-12-16-20-22/h21-22H,3-20H2,1-2H3. The van der Waals surface area contributed by atoms with Crippen LogP contribution in [0.1, 0.15) is 123 Å². The molecule has 0 aromatic rings. The van der Waals surface area contributed by atoms with E-state index in [0.717, 1.165) is 12.3 Å². The van der Waals surface area contributed by atoms with Crippen LogP contribution >= 0.6 is 0 Å². The molecule has 0 saturated carbocycles. The van der Waals surface area contributed by atoms with Gasteiger partial charge in [-0.05, 0) is 12.3 Å². The molecule has 1 heteroatoms. The van der Waals surface area contributed by atoms with Gasteiger partial charge < -0.3 is 5.11 Å². The van der Waals surface area contributed by atoms with Crippen LogP contribution in [0.15, 0.2) is 0 Å². The zero-order valence-corrected chi connectivity index (χ0v) is 15.8. The molecule has 0 aromatic carbocycles. The molecule has 0 radical (unpaired) electrons. The molecule has 0 aromatic heterocycles. The fourth-order valence-corrected chi connectivity index (χ4v) is 3.40. The molecule has 0 aliphatic carbocycles. The molecule has 0 amide bonds. The van der Waals surface area contributed by atoms with Crippen molar-refractivity contribution < 1.29 is 5.11 Å². The van der Waals surface area contributed by atoms with Crippen LogP contribution in [-0.2, 0) is 0 Å². The van der Waals surface area contributed by atoms with E-state index < -0.39 is 0 Å². The molecule has 0 heterocycles. The van der Waals surface area contributed by atoms with Crippen LogP contribution in [0.2, 0.25) is 0 Å². The Hall–Kier alpha value is -0.0400. The normalized spacial score (nSPS) is 12.7. The van der Waals surface area contributed by atoms with Gasteiger partial charge in [0.2, 0.25) is 0 Å². The first kappa shape index (κ1) is 22.0. The Morgan fingerprint density at radius 1 is 0.500 bits per heavy atom. The van der Waals surface area contributed by atoms with Gasteiger partial charge >= 0.3 is 0 Å². The highest BCUT2D eigenvalue weighted by molar-refractivity contribution is 4.62. The van der Waals surface area contributed by atoms with Gasteiger partial charge in [0.25, 0.3) is 0 Å². The number of hydrogen-bond acceptors (Lipinski definition) is 1. The van der Waals surface area contributed by atoms with Gasteiger partial charge in [0.15, 0.2) is 0 Å². The summed E-state index contributed by atoms with van der Waals surface area (Å²) in [4.78, 5) is 0. The molecule has 134 valence electrons. The van der Waals surface area contributed by atoms with E-state index in [4.69, 9.17) is 5.11 Å². The molecular weight excluding hydrogens is 268 g/mol. The van der Waals surface area contributed by atoms with Gasteiger partial charge in [0, 0.05) is 6.61 Å². The zero-order valence-electron chi connectivity index (χ0n) is 15.8. The monoisotopic (exact) mass is 312 g/mol. The van der Waals surface area contributed by atoms with E-state index in [-0.39, 0.29) is 0 Å². The van der Waals surface area contributed by atoms with Crippen LogP contribution in [0, 0.1) is 5.92 Å². The molecule has 0 saturated heterocycles. The highest BCUT2D eigenvalue weighted by Crippen LogP contribution is 2.24. The molecule has 1 nitrogen and oxygen atoms in total. The largest absolute Gasteiger partial charge is 0.396 e. The van der Waals surface area contributed by atoms with E-state index in [1.807, 2.05) is 0 Å². The molecule has 1 unspecified atom stereocenters. The number of rotatable bonds is 18. The molecule has 1 N–H and O–H groups in total. The lowest BCUT2D eigenvalue weighted by atomic mass is 9.89. The topological polar surface area (TPSA) is 20.2 Å². The average Bonchev–Trinajstić information content (AvgIpc) is 2.53. The summed E-state index contributed by atoms with van der Waals surface area (Å²) < 4.78 is 0. The van der Waals surface area contributed by atoms with Gasteiger partial charge in [-0.3, -0.25) is 0 Å². The minimum atomic E-state index is 0.373. The van der Waals surface area contributed by atoms with Gasteiger partial charge in [-0.1, -0.05) is 117 Å². The zero-order chi connectivity index (χ0) is 16.3. The van der Waals surface area contributed by atoms with Gasteiger partial charge in [-0.2, -0.15) is 0 Å². The van der Waals surface area contributed by atoms with Gasteiger partial charge in [-0.25, -0.2) is 0 Å². The third kappa shape index (κ3) is 16.3. The van der Waals surface area contributed by atoms with Gasteiger partial charge in [0.05, 0.1) is 0 Å². The summed E-state index contributed by atoms with van der Waals surface area (Å²) in [6.45, 7) is 4.97. The van der Waals surface area contributed by atoms with E-state index in [2.05, 4.69) is 13.8 Å². The molecule has 0 spiro atoms. The smallest absolute Gasteiger partial charge is 0.0431 e. The Morgan fingerprint density at radius 2 is 0.864 bits per heavy atom. The Bertz CT molecular complexity index is 190. The maximum absolute atomic E-state index is 8.85. The predicted octanol–water partition coefficient (Wildman–Crippen LogP) is 7.27. The fourth-order valence-electron chi connectivity index (χ4n) is 3.40. The summed E-state index contributed by atoms with van der Waals surface area (Å²) in [5, 5.41) is 8.85. The second-order valence-electron chi connectivity index (χ2n) is 7.20. The molecule has 0 aliphatic heterocycles. The third-order valence-electron chi connectivity index (χ3n) is 4.95. The summed E-state index contributed by atoms with van der Waals surface area (Å²) in [5.74, 6) is 0.983. The summed E-state index contributed by atoms with van der Waals surface area (Å²) in [7, 11) is 0. The third-order valence-corrected chi connectivity index (χ3v) is 4.95. The van der Waals surface area contributed by atoms with E-state index in [1.165, 1.54) is 103 Å². The molecule has 0 fully saturated rings. The van der Waals surface area contributed by atoms with E-state index >= 15 is 0 Å². The van der Waals surface area contributed by atoms with Crippen LogP contribution in [0.25, 0.3) is 0 Å². The number of hydrogen-bond donors (Lipinski definition) is 1. The number of unbranched alkanes of at least 4 members (excludes halogenated alkanes) is 11. The highest BCUT2D eigenvalue weighted by atomic mass is 16.2. The Morgan fingerprint density at radius 3 is 1.32 bits per heavy atom. The molecule has 0 rings (SSSR count). The van der Waals surface area contributed by atoms with E-state index in [1.54, 1.807) is 0 Å². The molecular formula is C21H44O. The van der Waals surface area contributed by atoms with Gasteiger partial charge in [-0.15, -0.1) is 0 Å².